The molecule has 168 valence electrons. The third-order valence-electron chi connectivity index (χ3n) is 5.32. The van der Waals surface area contributed by atoms with Gasteiger partial charge in [0.05, 0.1) is 18.6 Å². The van der Waals surface area contributed by atoms with E-state index in [1.165, 1.54) is 11.8 Å². The van der Waals surface area contributed by atoms with Crippen molar-refractivity contribution < 1.29 is 14.3 Å². The van der Waals surface area contributed by atoms with Gasteiger partial charge in [0.25, 0.3) is 0 Å². The molecule has 0 N–H and O–H groups in total. The molecule has 0 saturated carbocycles. The highest BCUT2D eigenvalue weighted by atomic mass is 35.5. The zero-order valence-electron chi connectivity index (χ0n) is 18.1. The summed E-state index contributed by atoms with van der Waals surface area (Å²) in [6.45, 7) is 3.84. The first-order valence-electron chi connectivity index (χ1n) is 10.4. The summed E-state index contributed by atoms with van der Waals surface area (Å²) in [5.74, 6) is 2.52. The molecule has 0 spiro atoms. The van der Waals surface area contributed by atoms with Gasteiger partial charge in [-0.2, -0.15) is 0 Å². The van der Waals surface area contributed by atoms with Crippen molar-refractivity contribution in [3.05, 3.63) is 58.9 Å². The summed E-state index contributed by atoms with van der Waals surface area (Å²) in [5, 5.41) is 9.97. The van der Waals surface area contributed by atoms with Crippen molar-refractivity contribution in [2.24, 2.45) is 0 Å². The SMILES string of the molecule is COc1ccc(OCc2nnc(SCC(=O)N3CCCC3)n2-c2ccc(C)c(Cl)c2)cc1. The number of hydrogen-bond donors (Lipinski definition) is 0. The summed E-state index contributed by atoms with van der Waals surface area (Å²) in [6, 6.07) is 13.2. The van der Waals surface area contributed by atoms with Crippen LogP contribution in [-0.2, 0) is 11.4 Å². The van der Waals surface area contributed by atoms with Crippen LogP contribution in [-0.4, -0.2) is 51.5 Å². The minimum Gasteiger partial charge on any atom is -0.497 e. The number of methoxy groups -OCH3 is 1. The molecule has 0 aliphatic carbocycles. The smallest absolute Gasteiger partial charge is 0.233 e. The lowest BCUT2D eigenvalue weighted by Gasteiger charge is -2.15. The number of halogens is 1. The maximum Gasteiger partial charge on any atom is 0.233 e. The molecule has 0 bridgehead atoms. The molecule has 1 amide bonds. The van der Waals surface area contributed by atoms with E-state index in [0.29, 0.717) is 27.5 Å². The Bertz CT molecular complexity index is 1080. The largest absolute Gasteiger partial charge is 0.497 e. The fourth-order valence-corrected chi connectivity index (χ4v) is 4.52. The van der Waals surface area contributed by atoms with Crippen LogP contribution in [0.15, 0.2) is 47.6 Å². The number of carbonyl (C=O) groups excluding carboxylic acids is 1. The normalized spacial score (nSPS) is 13.4. The van der Waals surface area contributed by atoms with Crippen LogP contribution in [0, 0.1) is 6.92 Å². The zero-order chi connectivity index (χ0) is 22.5. The summed E-state index contributed by atoms with van der Waals surface area (Å²) in [6.07, 6.45) is 2.14. The summed E-state index contributed by atoms with van der Waals surface area (Å²) in [5.41, 5.74) is 1.81. The number of aromatic nitrogens is 3. The number of benzene rings is 2. The van der Waals surface area contributed by atoms with Crippen LogP contribution in [0.25, 0.3) is 5.69 Å². The van der Waals surface area contributed by atoms with Crippen LogP contribution in [0.4, 0.5) is 0 Å². The first kappa shape index (κ1) is 22.5. The number of amides is 1. The number of likely N-dealkylation sites (tertiary alicyclic amines) is 1. The van der Waals surface area contributed by atoms with Gasteiger partial charge in [-0.25, -0.2) is 0 Å². The number of ether oxygens (including phenoxy) is 2. The molecule has 2 heterocycles. The minimum atomic E-state index is 0.125. The molecule has 0 atom stereocenters. The van der Waals surface area contributed by atoms with Crippen molar-refractivity contribution in [1.29, 1.82) is 0 Å². The monoisotopic (exact) mass is 472 g/mol. The second-order valence-electron chi connectivity index (χ2n) is 7.51. The van der Waals surface area contributed by atoms with Gasteiger partial charge in [0.15, 0.2) is 11.0 Å². The predicted octanol–water partition coefficient (Wildman–Crippen LogP) is 4.53. The van der Waals surface area contributed by atoms with Crippen molar-refractivity contribution >= 4 is 29.3 Å². The Morgan fingerprint density at radius 2 is 1.81 bits per heavy atom. The molecule has 2 aromatic carbocycles. The Labute approximate surface area is 196 Å². The van der Waals surface area contributed by atoms with E-state index in [1.54, 1.807) is 7.11 Å². The van der Waals surface area contributed by atoms with E-state index in [4.69, 9.17) is 21.1 Å². The summed E-state index contributed by atoms with van der Waals surface area (Å²) in [7, 11) is 1.62. The van der Waals surface area contributed by atoms with Gasteiger partial charge in [-0.1, -0.05) is 29.4 Å². The van der Waals surface area contributed by atoms with Crippen molar-refractivity contribution in [3.8, 4) is 17.2 Å². The summed E-state index contributed by atoms with van der Waals surface area (Å²) in [4.78, 5) is 14.4. The zero-order valence-corrected chi connectivity index (χ0v) is 19.7. The lowest BCUT2D eigenvalue weighted by atomic mass is 10.2. The number of carbonyl (C=O) groups is 1. The van der Waals surface area contributed by atoms with Crippen LogP contribution in [0.2, 0.25) is 5.02 Å². The number of rotatable bonds is 8. The van der Waals surface area contributed by atoms with Gasteiger partial charge in [0.1, 0.15) is 18.1 Å². The molecule has 9 heteroatoms. The summed E-state index contributed by atoms with van der Waals surface area (Å²) >= 11 is 7.76. The van der Waals surface area contributed by atoms with Gasteiger partial charge in [0.2, 0.25) is 5.91 Å². The molecule has 3 aromatic rings. The maximum atomic E-state index is 12.5. The van der Waals surface area contributed by atoms with Gasteiger partial charge < -0.3 is 14.4 Å². The van der Waals surface area contributed by atoms with E-state index in [1.807, 2.05) is 58.9 Å². The van der Waals surface area contributed by atoms with Crippen LogP contribution < -0.4 is 9.47 Å². The highest BCUT2D eigenvalue weighted by Gasteiger charge is 2.21. The Hall–Kier alpha value is -2.71. The third-order valence-corrected chi connectivity index (χ3v) is 6.65. The van der Waals surface area contributed by atoms with E-state index in [-0.39, 0.29) is 12.5 Å². The molecule has 1 aromatic heterocycles. The topological polar surface area (TPSA) is 69.5 Å². The summed E-state index contributed by atoms with van der Waals surface area (Å²) < 4.78 is 13.0. The molecule has 1 fully saturated rings. The molecule has 0 unspecified atom stereocenters. The second-order valence-corrected chi connectivity index (χ2v) is 8.86. The van der Waals surface area contributed by atoms with Crippen molar-refractivity contribution in [1.82, 2.24) is 19.7 Å². The van der Waals surface area contributed by atoms with Crippen molar-refractivity contribution in [2.45, 2.75) is 31.5 Å². The predicted molar refractivity (Wildman–Crippen MR) is 125 cm³/mol. The molecule has 0 radical (unpaired) electrons. The minimum absolute atomic E-state index is 0.125. The number of aryl methyl sites for hydroxylation is 1. The van der Waals surface area contributed by atoms with Gasteiger partial charge in [-0.05, 0) is 61.7 Å². The Morgan fingerprint density at radius 1 is 1.09 bits per heavy atom. The maximum absolute atomic E-state index is 12.5. The molecule has 1 aliphatic heterocycles. The van der Waals surface area contributed by atoms with Crippen molar-refractivity contribution in [3.63, 3.8) is 0 Å². The average Bonchev–Trinajstić information content (AvgIpc) is 3.49. The van der Waals surface area contributed by atoms with Crippen LogP contribution in [0.3, 0.4) is 0 Å². The van der Waals surface area contributed by atoms with E-state index in [0.717, 1.165) is 42.9 Å². The molecule has 1 aliphatic rings. The molecular formula is C23H25ClN4O3S. The number of thioether (sulfide) groups is 1. The Morgan fingerprint density at radius 3 is 2.50 bits per heavy atom. The van der Waals surface area contributed by atoms with E-state index in [2.05, 4.69) is 10.2 Å². The molecule has 4 rings (SSSR count). The number of nitrogens with zero attached hydrogens (tertiary/aromatic N) is 4. The lowest BCUT2D eigenvalue weighted by Crippen LogP contribution is -2.29. The molecular weight excluding hydrogens is 448 g/mol. The van der Waals surface area contributed by atoms with Gasteiger partial charge >= 0.3 is 0 Å². The first-order chi connectivity index (χ1) is 15.5. The highest BCUT2D eigenvalue weighted by molar-refractivity contribution is 7.99. The van der Waals surface area contributed by atoms with E-state index >= 15 is 0 Å². The molecule has 1 saturated heterocycles. The first-order valence-corrected chi connectivity index (χ1v) is 11.8. The highest BCUT2D eigenvalue weighted by Crippen LogP contribution is 2.27. The molecule has 7 nitrogen and oxygen atoms in total. The van der Waals surface area contributed by atoms with Gasteiger partial charge in [-0.3, -0.25) is 9.36 Å². The fourth-order valence-electron chi connectivity index (χ4n) is 3.47. The quantitative estimate of drug-likeness (QED) is 0.448. The number of hydrogen-bond acceptors (Lipinski definition) is 6. The Kier molecular flexibility index (Phi) is 7.22. The van der Waals surface area contributed by atoms with E-state index < -0.39 is 0 Å². The van der Waals surface area contributed by atoms with Crippen molar-refractivity contribution in [2.75, 3.05) is 26.0 Å². The second kappa shape index (κ2) is 10.3. The van der Waals surface area contributed by atoms with Crippen LogP contribution in [0.5, 0.6) is 11.5 Å². The average molecular weight is 473 g/mol. The van der Waals surface area contributed by atoms with Gasteiger partial charge in [-0.15, -0.1) is 10.2 Å². The van der Waals surface area contributed by atoms with E-state index in [9.17, 15) is 4.79 Å². The Balaban J connectivity index is 1.55. The molecule has 32 heavy (non-hydrogen) atoms. The fraction of sp³-hybridized carbons (Fsp3) is 0.348. The van der Waals surface area contributed by atoms with Gasteiger partial charge in [0, 0.05) is 18.1 Å². The third kappa shape index (κ3) is 5.19. The van der Waals surface area contributed by atoms with Crippen LogP contribution >= 0.6 is 23.4 Å². The lowest BCUT2D eigenvalue weighted by molar-refractivity contribution is -0.127. The standard InChI is InChI=1S/C23H25ClN4O3S/c1-16-5-6-17(13-20(16)24)28-21(14-31-19-9-7-18(30-2)8-10-19)25-26-23(28)32-15-22(29)27-11-3-4-12-27/h5-10,13H,3-4,11-12,14-15H2,1-2H3. The van der Waals surface area contributed by atoms with Crippen LogP contribution in [0.1, 0.15) is 24.2 Å².